The first-order valence-electron chi connectivity index (χ1n) is 8.12. The van der Waals surface area contributed by atoms with Crippen molar-refractivity contribution in [3.8, 4) is 16.9 Å². The Bertz CT molecular complexity index is 822. The molecule has 6 heteroatoms. The van der Waals surface area contributed by atoms with Gasteiger partial charge in [0.1, 0.15) is 5.75 Å². The molecule has 0 spiro atoms. The summed E-state index contributed by atoms with van der Waals surface area (Å²) in [6, 6.07) is 11.2. The highest BCUT2D eigenvalue weighted by molar-refractivity contribution is 7.90. The van der Waals surface area contributed by atoms with Crippen LogP contribution >= 0.6 is 0 Å². The molecule has 1 aromatic carbocycles. The van der Waals surface area contributed by atoms with E-state index in [2.05, 4.69) is 10.3 Å². The maximum Gasteiger partial charge on any atom is 0.192 e. The summed E-state index contributed by atoms with van der Waals surface area (Å²) in [5, 5.41) is 3.48. The summed E-state index contributed by atoms with van der Waals surface area (Å²) in [6.45, 7) is 3.06. The fraction of sp³-hybridized carbons (Fsp3) is 0.389. The Kier molecular flexibility index (Phi) is 3.81. The summed E-state index contributed by atoms with van der Waals surface area (Å²) in [5.74, 6) is 3.20. The summed E-state index contributed by atoms with van der Waals surface area (Å²) in [7, 11) is -3.26. The number of aromatic nitrogens is 1. The number of hydrogen-bond donors (Lipinski definition) is 1. The van der Waals surface area contributed by atoms with Gasteiger partial charge >= 0.3 is 0 Å². The van der Waals surface area contributed by atoms with Crippen molar-refractivity contribution in [2.75, 3.05) is 26.0 Å². The van der Waals surface area contributed by atoms with Gasteiger partial charge in [0, 0.05) is 23.9 Å². The minimum Gasteiger partial charge on any atom is -0.493 e. The second-order valence-corrected chi connectivity index (χ2v) is 8.61. The van der Waals surface area contributed by atoms with Crippen molar-refractivity contribution in [2.24, 2.45) is 17.8 Å². The van der Waals surface area contributed by atoms with Gasteiger partial charge in [0.05, 0.1) is 6.61 Å². The SMILES string of the molecule is CS(=O)(=O)c1ccc(-c2ccc(OCC3C4CNC[C@H]43)cc2)cn1. The number of rotatable bonds is 5. The van der Waals surface area contributed by atoms with E-state index in [9.17, 15) is 8.42 Å². The van der Waals surface area contributed by atoms with E-state index in [-0.39, 0.29) is 5.03 Å². The van der Waals surface area contributed by atoms with Crippen LogP contribution in [0.1, 0.15) is 0 Å². The van der Waals surface area contributed by atoms with Crippen LogP contribution in [0, 0.1) is 17.8 Å². The number of sulfone groups is 1. The lowest BCUT2D eigenvalue weighted by Gasteiger charge is -2.09. The molecular formula is C18H20N2O3S. The highest BCUT2D eigenvalue weighted by atomic mass is 32.2. The van der Waals surface area contributed by atoms with E-state index in [0.717, 1.165) is 54.7 Å². The van der Waals surface area contributed by atoms with E-state index in [0.29, 0.717) is 5.92 Å². The van der Waals surface area contributed by atoms with E-state index in [1.807, 2.05) is 24.3 Å². The predicted molar refractivity (Wildman–Crippen MR) is 91.6 cm³/mol. The van der Waals surface area contributed by atoms with E-state index < -0.39 is 9.84 Å². The maximum absolute atomic E-state index is 11.4. The van der Waals surface area contributed by atoms with E-state index >= 15 is 0 Å². The van der Waals surface area contributed by atoms with Crippen molar-refractivity contribution in [3.63, 3.8) is 0 Å². The molecule has 2 aromatic rings. The Morgan fingerprint density at radius 2 is 1.75 bits per heavy atom. The number of ether oxygens (including phenoxy) is 1. The number of piperidine rings is 1. The normalized spacial score (nSPS) is 25.3. The smallest absolute Gasteiger partial charge is 0.192 e. The molecule has 1 N–H and O–H groups in total. The molecular weight excluding hydrogens is 324 g/mol. The zero-order valence-corrected chi connectivity index (χ0v) is 14.3. The predicted octanol–water partition coefficient (Wildman–Crippen LogP) is 2.00. The molecule has 5 nitrogen and oxygen atoms in total. The van der Waals surface area contributed by atoms with Gasteiger partial charge in [0.25, 0.3) is 0 Å². The molecule has 0 bridgehead atoms. The van der Waals surface area contributed by atoms with Crippen LogP contribution in [0.5, 0.6) is 5.75 Å². The molecule has 24 heavy (non-hydrogen) atoms. The van der Waals surface area contributed by atoms with E-state index in [1.54, 1.807) is 12.3 Å². The van der Waals surface area contributed by atoms with Crippen molar-refractivity contribution in [3.05, 3.63) is 42.6 Å². The number of nitrogens with zero attached hydrogens (tertiary/aromatic N) is 1. The van der Waals surface area contributed by atoms with Gasteiger partial charge in [-0.2, -0.15) is 0 Å². The number of hydrogen-bond acceptors (Lipinski definition) is 5. The van der Waals surface area contributed by atoms with Crippen LogP contribution in [-0.4, -0.2) is 39.4 Å². The highest BCUT2D eigenvalue weighted by Crippen LogP contribution is 2.48. The zero-order valence-electron chi connectivity index (χ0n) is 13.5. The molecule has 3 atom stereocenters. The van der Waals surface area contributed by atoms with Crippen LogP contribution in [0.15, 0.2) is 47.6 Å². The molecule has 4 rings (SSSR count). The van der Waals surface area contributed by atoms with Crippen LogP contribution in [-0.2, 0) is 9.84 Å². The van der Waals surface area contributed by atoms with Gasteiger partial charge in [-0.25, -0.2) is 13.4 Å². The molecule has 1 saturated carbocycles. The third-order valence-electron chi connectivity index (χ3n) is 5.02. The van der Waals surface area contributed by atoms with Gasteiger partial charge in [-0.1, -0.05) is 12.1 Å². The van der Waals surface area contributed by atoms with Crippen LogP contribution in [0.3, 0.4) is 0 Å². The van der Waals surface area contributed by atoms with E-state index in [4.69, 9.17) is 4.74 Å². The van der Waals surface area contributed by atoms with Gasteiger partial charge in [0.2, 0.25) is 0 Å². The fourth-order valence-electron chi connectivity index (χ4n) is 3.50. The minimum absolute atomic E-state index is 0.0932. The number of fused-ring (bicyclic) bond motifs is 1. The lowest BCUT2D eigenvalue weighted by molar-refractivity contribution is 0.280. The minimum atomic E-state index is -3.26. The molecule has 2 aliphatic rings. The largest absolute Gasteiger partial charge is 0.493 e. The summed E-state index contributed by atoms with van der Waals surface area (Å²) in [5.41, 5.74) is 1.87. The van der Waals surface area contributed by atoms with Crippen molar-refractivity contribution in [1.82, 2.24) is 10.3 Å². The standard InChI is InChI=1S/C18H20N2O3S/c1-24(21,22)18-7-4-13(8-20-18)12-2-5-14(6-3-12)23-11-17-15-9-19-10-16(15)17/h2-8,15-17,19H,9-11H2,1H3/t15-,16?,17?/m1/s1. The molecule has 1 saturated heterocycles. The Morgan fingerprint density at radius 1 is 1.08 bits per heavy atom. The first-order chi connectivity index (χ1) is 11.5. The van der Waals surface area contributed by atoms with Gasteiger partial charge in [0.15, 0.2) is 14.9 Å². The van der Waals surface area contributed by atoms with Crippen molar-refractivity contribution in [1.29, 1.82) is 0 Å². The molecule has 0 radical (unpaired) electrons. The number of pyridine rings is 1. The first kappa shape index (κ1) is 15.6. The van der Waals surface area contributed by atoms with Crippen LogP contribution in [0.4, 0.5) is 0 Å². The molecule has 2 unspecified atom stereocenters. The second kappa shape index (κ2) is 5.86. The summed E-state index contributed by atoms with van der Waals surface area (Å²) < 4.78 is 28.8. The third-order valence-corrected chi connectivity index (χ3v) is 6.02. The quantitative estimate of drug-likeness (QED) is 0.898. The number of nitrogens with one attached hydrogen (secondary N) is 1. The van der Waals surface area contributed by atoms with Crippen LogP contribution < -0.4 is 10.1 Å². The monoisotopic (exact) mass is 344 g/mol. The maximum atomic E-state index is 11.4. The molecule has 1 aliphatic heterocycles. The molecule has 126 valence electrons. The van der Waals surface area contributed by atoms with Crippen molar-refractivity contribution < 1.29 is 13.2 Å². The van der Waals surface area contributed by atoms with Crippen molar-refractivity contribution in [2.45, 2.75) is 5.03 Å². The Balaban J connectivity index is 1.40. The second-order valence-electron chi connectivity index (χ2n) is 6.64. The Morgan fingerprint density at radius 3 is 2.33 bits per heavy atom. The van der Waals surface area contributed by atoms with Gasteiger partial charge < -0.3 is 10.1 Å². The molecule has 1 aromatic heterocycles. The Labute approximate surface area is 142 Å². The van der Waals surface area contributed by atoms with Crippen LogP contribution in [0.2, 0.25) is 0 Å². The molecule has 0 amide bonds. The average molecular weight is 344 g/mol. The molecule has 1 aliphatic carbocycles. The van der Waals surface area contributed by atoms with Crippen LogP contribution in [0.25, 0.3) is 11.1 Å². The van der Waals surface area contributed by atoms with Crippen molar-refractivity contribution >= 4 is 9.84 Å². The summed E-state index contributed by atoms with van der Waals surface area (Å²) >= 11 is 0. The van der Waals surface area contributed by atoms with Gasteiger partial charge in [-0.3, -0.25) is 0 Å². The summed E-state index contributed by atoms with van der Waals surface area (Å²) in [6.07, 6.45) is 2.75. The highest BCUT2D eigenvalue weighted by Gasteiger charge is 2.52. The number of benzene rings is 1. The van der Waals surface area contributed by atoms with Gasteiger partial charge in [-0.15, -0.1) is 0 Å². The summed E-state index contributed by atoms with van der Waals surface area (Å²) in [4.78, 5) is 4.02. The zero-order chi connectivity index (χ0) is 16.7. The average Bonchev–Trinajstić information content (AvgIpc) is 3.00. The third kappa shape index (κ3) is 3.03. The molecule has 2 fully saturated rings. The first-order valence-corrected chi connectivity index (χ1v) is 10.0. The van der Waals surface area contributed by atoms with Gasteiger partial charge in [-0.05, 0) is 54.8 Å². The molecule has 2 heterocycles. The Hall–Kier alpha value is -1.92. The lowest BCUT2D eigenvalue weighted by Crippen LogP contribution is -2.17. The fourth-order valence-corrected chi connectivity index (χ4v) is 4.06. The lowest BCUT2D eigenvalue weighted by atomic mass is 10.1. The topological polar surface area (TPSA) is 68.3 Å². The van der Waals surface area contributed by atoms with E-state index in [1.165, 1.54) is 6.07 Å².